The van der Waals surface area contributed by atoms with Crippen LogP contribution in [-0.2, 0) is 20.8 Å². The molecule has 35 heavy (non-hydrogen) atoms. The van der Waals surface area contributed by atoms with Gasteiger partial charge in [-0.3, -0.25) is 9.69 Å². The van der Waals surface area contributed by atoms with E-state index in [1.807, 2.05) is 6.92 Å². The molecule has 2 aliphatic rings. The van der Waals surface area contributed by atoms with Crippen molar-refractivity contribution in [2.45, 2.75) is 84.5 Å². The van der Waals surface area contributed by atoms with Gasteiger partial charge in [0.25, 0.3) is 0 Å². The molecule has 2 aromatic rings. The Morgan fingerprint density at radius 3 is 2.31 bits per heavy atom. The Morgan fingerprint density at radius 1 is 0.943 bits per heavy atom. The van der Waals surface area contributed by atoms with Gasteiger partial charge in [0, 0.05) is 6.54 Å². The number of benzene rings is 2. The molecule has 1 saturated heterocycles. The SMILES string of the molecule is CCOC(=O)C1CCN(Cc2ccc3cc(OC4CCC(COC(C)(C)C)CC4)ccc3c2)CC1. The third kappa shape index (κ3) is 7.68. The van der Waals surface area contributed by atoms with Crippen LogP contribution in [0.1, 0.15) is 71.8 Å². The molecule has 2 aromatic carbocycles. The molecule has 192 valence electrons. The second-order valence-corrected chi connectivity index (χ2v) is 11.3. The number of ether oxygens (including phenoxy) is 3. The van der Waals surface area contributed by atoms with E-state index in [4.69, 9.17) is 14.2 Å². The Morgan fingerprint density at radius 2 is 1.63 bits per heavy atom. The first kappa shape index (κ1) is 26.0. The van der Waals surface area contributed by atoms with E-state index in [2.05, 4.69) is 62.1 Å². The summed E-state index contributed by atoms with van der Waals surface area (Å²) >= 11 is 0. The van der Waals surface area contributed by atoms with Crippen LogP contribution < -0.4 is 4.74 Å². The minimum absolute atomic E-state index is 0.0292. The number of piperidine rings is 1. The number of hydrogen-bond donors (Lipinski definition) is 0. The lowest BCUT2D eigenvalue weighted by Gasteiger charge is -2.31. The summed E-state index contributed by atoms with van der Waals surface area (Å²) in [6.45, 7) is 12.4. The van der Waals surface area contributed by atoms with Crippen molar-refractivity contribution >= 4 is 16.7 Å². The van der Waals surface area contributed by atoms with Gasteiger partial charge in [-0.05, 0) is 120 Å². The predicted octanol–water partition coefficient (Wildman–Crippen LogP) is 6.37. The third-order valence-electron chi connectivity index (χ3n) is 7.34. The van der Waals surface area contributed by atoms with Crippen molar-refractivity contribution in [3.05, 3.63) is 42.0 Å². The molecule has 1 aliphatic heterocycles. The molecule has 0 radical (unpaired) electrons. The van der Waals surface area contributed by atoms with Crippen LogP contribution in [0.15, 0.2) is 36.4 Å². The number of likely N-dealkylation sites (tertiary alicyclic amines) is 1. The summed E-state index contributed by atoms with van der Waals surface area (Å²) in [7, 11) is 0. The average molecular weight is 482 g/mol. The first-order valence-electron chi connectivity index (χ1n) is 13.5. The summed E-state index contributed by atoms with van der Waals surface area (Å²) in [6.07, 6.45) is 6.63. The molecular formula is C30H43NO4. The molecule has 0 bridgehead atoms. The fraction of sp³-hybridized carbons (Fsp3) is 0.633. The van der Waals surface area contributed by atoms with Gasteiger partial charge in [-0.1, -0.05) is 18.2 Å². The van der Waals surface area contributed by atoms with Gasteiger partial charge in [-0.15, -0.1) is 0 Å². The van der Waals surface area contributed by atoms with E-state index < -0.39 is 0 Å². The molecule has 5 heteroatoms. The fourth-order valence-electron chi connectivity index (χ4n) is 5.27. The number of fused-ring (bicyclic) bond motifs is 1. The molecule has 5 nitrogen and oxygen atoms in total. The lowest BCUT2D eigenvalue weighted by Crippen LogP contribution is -2.36. The van der Waals surface area contributed by atoms with Gasteiger partial charge in [-0.25, -0.2) is 0 Å². The minimum atomic E-state index is -0.0563. The van der Waals surface area contributed by atoms with E-state index in [9.17, 15) is 4.79 Å². The van der Waals surface area contributed by atoms with Gasteiger partial charge in [0.1, 0.15) is 5.75 Å². The van der Waals surface area contributed by atoms with E-state index in [0.29, 0.717) is 18.6 Å². The maximum atomic E-state index is 12.0. The zero-order valence-corrected chi connectivity index (χ0v) is 22.1. The smallest absolute Gasteiger partial charge is 0.309 e. The number of nitrogens with zero attached hydrogens (tertiary/aromatic N) is 1. The van der Waals surface area contributed by atoms with Crippen molar-refractivity contribution in [1.29, 1.82) is 0 Å². The molecule has 0 N–H and O–H groups in total. The Labute approximate surface area is 211 Å². The van der Waals surface area contributed by atoms with E-state index in [1.165, 1.54) is 29.2 Å². The standard InChI is InChI=1S/C30H43NO4/c1-5-33-29(32)24-14-16-31(17-15-24)20-23-6-9-26-19-28(13-10-25(26)18-23)35-27-11-7-22(8-12-27)21-34-30(2,3)4/h6,9-10,13,18-19,22,24,27H,5,7-8,11-12,14-17,20-21H2,1-4H3. The summed E-state index contributed by atoms with van der Waals surface area (Å²) in [5.74, 6) is 1.66. The lowest BCUT2D eigenvalue weighted by atomic mass is 9.88. The second-order valence-electron chi connectivity index (χ2n) is 11.3. The van der Waals surface area contributed by atoms with E-state index in [0.717, 1.165) is 57.7 Å². The second kappa shape index (κ2) is 11.7. The number of rotatable bonds is 8. The quantitative estimate of drug-likeness (QED) is 0.410. The van der Waals surface area contributed by atoms with Crippen LogP contribution in [0.3, 0.4) is 0 Å². The van der Waals surface area contributed by atoms with Crippen LogP contribution in [0.2, 0.25) is 0 Å². The van der Waals surface area contributed by atoms with E-state index in [-0.39, 0.29) is 17.5 Å². The number of hydrogen-bond acceptors (Lipinski definition) is 5. The topological polar surface area (TPSA) is 48.0 Å². The number of carbonyl (C=O) groups excluding carboxylic acids is 1. The largest absolute Gasteiger partial charge is 0.490 e. The minimum Gasteiger partial charge on any atom is -0.490 e. The maximum Gasteiger partial charge on any atom is 0.309 e. The van der Waals surface area contributed by atoms with Crippen molar-refractivity contribution in [2.24, 2.45) is 11.8 Å². The highest BCUT2D eigenvalue weighted by Crippen LogP contribution is 2.30. The van der Waals surface area contributed by atoms with Crippen molar-refractivity contribution in [3.8, 4) is 5.75 Å². The van der Waals surface area contributed by atoms with Crippen LogP contribution in [0, 0.1) is 11.8 Å². The Bertz CT molecular complexity index is 966. The van der Waals surface area contributed by atoms with Crippen molar-refractivity contribution in [3.63, 3.8) is 0 Å². The molecule has 1 heterocycles. The molecule has 1 saturated carbocycles. The molecule has 2 fully saturated rings. The summed E-state index contributed by atoms with van der Waals surface area (Å²) < 4.78 is 17.6. The summed E-state index contributed by atoms with van der Waals surface area (Å²) in [4.78, 5) is 14.4. The van der Waals surface area contributed by atoms with Gasteiger partial charge in [-0.2, -0.15) is 0 Å². The average Bonchev–Trinajstić information content (AvgIpc) is 2.84. The van der Waals surface area contributed by atoms with Gasteiger partial charge in [0.2, 0.25) is 0 Å². The van der Waals surface area contributed by atoms with Gasteiger partial charge < -0.3 is 14.2 Å². The Hall–Kier alpha value is -2.11. The summed E-state index contributed by atoms with van der Waals surface area (Å²) in [5, 5.41) is 2.47. The first-order chi connectivity index (χ1) is 16.8. The van der Waals surface area contributed by atoms with Crippen LogP contribution in [0.25, 0.3) is 10.8 Å². The van der Waals surface area contributed by atoms with Crippen molar-refractivity contribution in [2.75, 3.05) is 26.3 Å². The molecule has 0 atom stereocenters. The van der Waals surface area contributed by atoms with Crippen LogP contribution in [-0.4, -0.2) is 48.9 Å². The van der Waals surface area contributed by atoms with Crippen LogP contribution in [0.5, 0.6) is 5.75 Å². The molecule has 1 aliphatic carbocycles. The van der Waals surface area contributed by atoms with Crippen LogP contribution in [0.4, 0.5) is 0 Å². The van der Waals surface area contributed by atoms with Gasteiger partial charge in [0.15, 0.2) is 0 Å². The lowest BCUT2D eigenvalue weighted by molar-refractivity contribution is -0.149. The van der Waals surface area contributed by atoms with Gasteiger partial charge in [0.05, 0.1) is 30.8 Å². The monoisotopic (exact) mass is 481 g/mol. The fourth-order valence-corrected chi connectivity index (χ4v) is 5.27. The van der Waals surface area contributed by atoms with E-state index >= 15 is 0 Å². The normalized spacial score (nSPS) is 22.3. The molecule has 0 aromatic heterocycles. The predicted molar refractivity (Wildman–Crippen MR) is 141 cm³/mol. The summed E-state index contributed by atoms with van der Waals surface area (Å²) in [6, 6.07) is 13.2. The highest BCUT2D eigenvalue weighted by atomic mass is 16.5. The molecule has 0 amide bonds. The Kier molecular flexibility index (Phi) is 8.72. The highest BCUT2D eigenvalue weighted by Gasteiger charge is 2.26. The zero-order valence-electron chi connectivity index (χ0n) is 22.1. The van der Waals surface area contributed by atoms with Crippen molar-refractivity contribution < 1.29 is 19.0 Å². The maximum absolute atomic E-state index is 12.0. The Balaban J connectivity index is 1.26. The number of carbonyl (C=O) groups is 1. The zero-order chi connectivity index (χ0) is 24.8. The molecular weight excluding hydrogens is 438 g/mol. The number of esters is 1. The summed E-state index contributed by atoms with van der Waals surface area (Å²) in [5.41, 5.74) is 1.26. The van der Waals surface area contributed by atoms with E-state index in [1.54, 1.807) is 0 Å². The molecule has 0 unspecified atom stereocenters. The first-order valence-corrected chi connectivity index (χ1v) is 13.5. The van der Waals surface area contributed by atoms with Crippen molar-refractivity contribution in [1.82, 2.24) is 4.90 Å². The highest BCUT2D eigenvalue weighted by molar-refractivity contribution is 5.84. The molecule has 0 spiro atoms. The third-order valence-corrected chi connectivity index (χ3v) is 7.34. The molecule has 4 rings (SSSR count). The van der Waals surface area contributed by atoms with Gasteiger partial charge >= 0.3 is 5.97 Å². The van der Waals surface area contributed by atoms with Crippen LogP contribution >= 0.6 is 0 Å².